The summed E-state index contributed by atoms with van der Waals surface area (Å²) < 4.78 is 23.9. The van der Waals surface area contributed by atoms with Gasteiger partial charge in [-0.1, -0.05) is 176 Å². The fraction of sp³-hybridized carbons (Fsp3) is 0.284. The lowest BCUT2D eigenvalue weighted by molar-refractivity contribution is -0.169. The summed E-state index contributed by atoms with van der Waals surface area (Å²) in [4.78, 5) is 95.1. The predicted octanol–water partition coefficient (Wildman–Crippen LogP) is 16.1. The first kappa shape index (κ1) is 81.1. The van der Waals surface area contributed by atoms with Crippen molar-refractivity contribution in [3.8, 4) is 33.8 Å². The molecule has 6 fully saturated rings. The van der Waals surface area contributed by atoms with E-state index in [4.69, 9.17) is 46.3 Å². The van der Waals surface area contributed by atoms with Crippen LogP contribution in [-0.4, -0.2) is 155 Å². The van der Waals surface area contributed by atoms with E-state index in [1.165, 1.54) is 23.5 Å². The van der Waals surface area contributed by atoms with E-state index in [1.807, 2.05) is 91.0 Å². The highest BCUT2D eigenvalue weighted by Gasteiger charge is 2.42. The maximum absolute atomic E-state index is 13.1. The fourth-order valence-electron chi connectivity index (χ4n) is 16.7. The topological polar surface area (TPSA) is 295 Å². The van der Waals surface area contributed by atoms with Crippen molar-refractivity contribution in [2.75, 3.05) is 110 Å². The number of H-pyrrole nitrogens is 3. The molecule has 24 nitrogen and oxygen atoms in total. The SMILES string of the molecule is CNC(=O)c1cnc(N(Cc2ccccc2)Cc2ccccc2)c2[nH]c(-c3ccccc3N3CCC4(CC3)OCCO4)cc12.CNC(=O)c1cnc(N)c2[nH]c(-c3ccccc3N3CCC(=O)CC3)cc12.O=C(Cl)C1CC1.O=C(O)c1cnc(N(Cc2ccccc2)Cc2ccccc2)c2[nH]c(-c3ccccc3N3CCC4(CC3)OCCO4)cc12. The van der Waals surface area contributed by atoms with Gasteiger partial charge < -0.3 is 79.9 Å². The number of carboxylic acids is 1. The van der Waals surface area contributed by atoms with Gasteiger partial charge in [0.15, 0.2) is 23.2 Å². The van der Waals surface area contributed by atoms with Gasteiger partial charge in [0.1, 0.15) is 11.6 Å². The number of hydrogen-bond donors (Lipinski definition) is 7. The van der Waals surface area contributed by atoms with Gasteiger partial charge in [0.25, 0.3) is 11.8 Å². The van der Waals surface area contributed by atoms with E-state index in [0.29, 0.717) is 124 Å². The number of aromatic carboxylic acids is 1. The third-order valence-electron chi connectivity index (χ3n) is 23.1. The highest BCUT2D eigenvalue weighted by atomic mass is 35.5. The number of nitrogens with zero attached hydrogens (tertiary/aromatic N) is 8. The molecule has 0 atom stereocenters. The summed E-state index contributed by atoms with van der Waals surface area (Å²) in [6.45, 7) is 9.95. The molecule has 0 bridgehead atoms. The number of carbonyl (C=O) groups is 5. The molecule has 7 aromatic carbocycles. The maximum atomic E-state index is 13.1. The number of ketones is 1. The monoisotopic (exact) mass is 1630 g/mol. The molecule has 11 heterocycles. The number of benzene rings is 7. The van der Waals surface area contributed by atoms with Gasteiger partial charge in [-0.3, -0.25) is 19.2 Å². The lowest BCUT2D eigenvalue weighted by Crippen LogP contribution is -2.45. The van der Waals surface area contributed by atoms with Crippen LogP contribution in [0.2, 0.25) is 0 Å². The van der Waals surface area contributed by atoms with E-state index >= 15 is 0 Å². The fourth-order valence-corrected chi connectivity index (χ4v) is 16.9. The third kappa shape index (κ3) is 18.3. The van der Waals surface area contributed by atoms with E-state index < -0.39 is 17.5 Å². The number of anilines is 6. The van der Waals surface area contributed by atoms with Crippen LogP contribution in [0.15, 0.2) is 231 Å². The Morgan fingerprint density at radius 3 is 1.12 bits per heavy atom. The Morgan fingerprint density at radius 1 is 0.458 bits per heavy atom. The van der Waals surface area contributed by atoms with Crippen molar-refractivity contribution >= 4 is 108 Å². The van der Waals surface area contributed by atoms with Crippen LogP contribution in [-0.2, 0) is 54.7 Å². The number of hydrogen-bond acceptors (Lipinski definition) is 18. The minimum Gasteiger partial charge on any atom is -0.478 e. The number of halogens is 1. The summed E-state index contributed by atoms with van der Waals surface area (Å²) in [6, 6.07) is 72.2. The number of Topliss-reactive ketones (excluding diaryl/α,β-unsaturated/α-hetero) is 1. The highest BCUT2D eigenvalue weighted by Crippen LogP contribution is 2.44. The molecule has 5 saturated heterocycles. The molecular weight excluding hydrogens is 1530 g/mol. The number of ether oxygens (including phenoxy) is 4. The predicted molar refractivity (Wildman–Crippen MR) is 470 cm³/mol. The number of aromatic amines is 3. The molecule has 120 heavy (non-hydrogen) atoms. The Bertz CT molecular complexity index is 5700. The smallest absolute Gasteiger partial charge is 0.337 e. The van der Waals surface area contributed by atoms with Crippen molar-refractivity contribution in [2.45, 2.75) is 89.1 Å². The molecule has 2 amide bonds. The van der Waals surface area contributed by atoms with E-state index in [1.54, 1.807) is 20.3 Å². The molecule has 0 radical (unpaired) electrons. The summed E-state index contributed by atoms with van der Waals surface area (Å²) in [7, 11) is 3.24. The maximum Gasteiger partial charge on any atom is 0.337 e. The molecule has 1 saturated carbocycles. The lowest BCUT2D eigenvalue weighted by atomic mass is 10.0. The van der Waals surface area contributed by atoms with Crippen molar-refractivity contribution in [3.63, 3.8) is 0 Å². The number of rotatable bonds is 20. The Balaban J connectivity index is 0.000000133. The van der Waals surface area contributed by atoms with E-state index in [2.05, 4.69) is 176 Å². The number of carboxylic acid groups (broad SMARTS) is 1. The summed E-state index contributed by atoms with van der Waals surface area (Å²) >= 11 is 5.04. The van der Waals surface area contributed by atoms with Crippen LogP contribution in [0.1, 0.15) is 105 Å². The normalized spacial score (nSPS) is 16.0. The van der Waals surface area contributed by atoms with Crippen molar-refractivity contribution in [2.24, 2.45) is 5.92 Å². The number of fused-ring (bicyclic) bond motifs is 3. The molecular formula is C95H97ClN14O10. The van der Waals surface area contributed by atoms with Crippen LogP contribution in [0.4, 0.5) is 34.5 Å². The molecule has 6 aliphatic rings. The zero-order valence-electron chi connectivity index (χ0n) is 67.2. The van der Waals surface area contributed by atoms with Gasteiger partial charge in [0, 0.05) is 210 Å². The van der Waals surface area contributed by atoms with Crippen LogP contribution in [0.25, 0.3) is 66.5 Å². The van der Waals surface area contributed by atoms with Crippen molar-refractivity contribution in [1.29, 1.82) is 0 Å². The molecule has 19 rings (SSSR count). The summed E-state index contributed by atoms with van der Waals surface area (Å²) in [5.74, 6) is 0.148. The number of para-hydroxylation sites is 3. The van der Waals surface area contributed by atoms with Crippen molar-refractivity contribution < 1.29 is 48.0 Å². The summed E-state index contributed by atoms with van der Waals surface area (Å²) in [5.41, 5.74) is 23.2. The quantitative estimate of drug-likeness (QED) is 0.0349. The Hall–Kier alpha value is -12.7. The minimum atomic E-state index is -1.00. The number of piperidine rings is 3. The number of aromatic nitrogens is 6. The zero-order chi connectivity index (χ0) is 82.7. The van der Waals surface area contributed by atoms with Gasteiger partial charge in [-0.05, 0) is 83.1 Å². The Kier molecular flexibility index (Phi) is 24.8. The Morgan fingerprint density at radius 2 is 0.775 bits per heavy atom. The van der Waals surface area contributed by atoms with Crippen LogP contribution < -0.4 is 40.9 Å². The zero-order valence-corrected chi connectivity index (χ0v) is 68.0. The van der Waals surface area contributed by atoms with E-state index in [9.17, 15) is 29.1 Å². The molecule has 6 aromatic heterocycles. The molecule has 1 aliphatic carbocycles. The van der Waals surface area contributed by atoms with Gasteiger partial charge in [-0.2, -0.15) is 0 Å². The molecule has 2 spiro atoms. The first-order valence-corrected chi connectivity index (χ1v) is 41.4. The highest BCUT2D eigenvalue weighted by molar-refractivity contribution is 6.64. The van der Waals surface area contributed by atoms with E-state index in [-0.39, 0.29) is 28.5 Å². The number of carbonyl (C=O) groups excluding carboxylic acids is 4. The van der Waals surface area contributed by atoms with Crippen LogP contribution in [0.3, 0.4) is 0 Å². The van der Waals surface area contributed by atoms with Gasteiger partial charge in [0.2, 0.25) is 5.24 Å². The second kappa shape index (κ2) is 36.7. The second-order valence-electron chi connectivity index (χ2n) is 30.9. The van der Waals surface area contributed by atoms with Gasteiger partial charge >= 0.3 is 5.97 Å². The first-order chi connectivity index (χ1) is 58.6. The number of nitrogens with two attached hydrogens (primary N) is 1. The lowest BCUT2D eigenvalue weighted by Gasteiger charge is -2.39. The standard InChI is InChI=1S/C36H37N5O3.C35H34N4O4.C20H21N5O2.C4H5ClO/c1-37-35(42)30-23-38-34(41(24-26-10-4-2-5-11-26)25-27-12-6-3-7-13-27)33-29(30)22-31(39-33)28-14-8-9-15-32(28)40-18-16-36(17-19-40)43-20-21-44-36;40-34(41)29-22-36-33(39(23-25-9-3-1-4-10-25)24-26-11-5-2-6-12-26)32-28(29)21-30(37-32)27-13-7-8-14-31(27)38-17-15-35(16-18-38)42-19-20-43-35;1-22-20(27)15-11-23-19(21)18-14(15)10-16(24-18)13-4-2-3-5-17(13)25-8-6-12(26)7-9-25;5-4(6)3-1-2-3/h2-15,22-23,39H,16-21,24-25H2,1H3,(H,37,42);1-14,21-22,37H,15-20,23-24H2,(H,40,41);2-5,10-11,24H,6-9H2,1H3,(H2,21,23)(H,22,27);3H,1-2H2. The molecule has 25 heteroatoms. The number of pyridine rings is 3. The van der Waals surface area contributed by atoms with Crippen LogP contribution in [0.5, 0.6) is 0 Å². The van der Waals surface area contributed by atoms with Gasteiger partial charge in [0.05, 0.1) is 59.7 Å². The van der Waals surface area contributed by atoms with Crippen molar-refractivity contribution in [1.82, 2.24) is 40.5 Å². The second-order valence-corrected chi connectivity index (χ2v) is 31.3. The molecule has 8 N–H and O–H groups in total. The number of nitrogen functional groups attached to an aromatic ring is 1. The van der Waals surface area contributed by atoms with Crippen LogP contribution >= 0.6 is 11.6 Å². The molecule has 5 aliphatic heterocycles. The average molecular weight is 1630 g/mol. The number of amides is 2. The first-order valence-electron chi connectivity index (χ1n) is 41.0. The molecule has 0 unspecified atom stereocenters. The largest absolute Gasteiger partial charge is 0.478 e. The Labute approximate surface area is 701 Å². The third-order valence-corrected chi connectivity index (χ3v) is 23.4. The minimum absolute atomic E-state index is 0.157. The van der Waals surface area contributed by atoms with Crippen molar-refractivity contribution in [3.05, 3.63) is 270 Å². The van der Waals surface area contributed by atoms with Crippen LogP contribution in [0, 0.1) is 5.92 Å². The summed E-state index contributed by atoms with van der Waals surface area (Å²) in [5, 5.41) is 17.6. The average Bonchev–Trinajstić information content (AvgIpc) is 1.63. The molecule has 13 aromatic rings. The van der Waals surface area contributed by atoms with Gasteiger partial charge in [-0.25, -0.2) is 19.7 Å². The molecule has 614 valence electrons. The van der Waals surface area contributed by atoms with Gasteiger partial charge in [-0.15, -0.1) is 0 Å². The van der Waals surface area contributed by atoms with E-state index in [0.717, 1.165) is 149 Å². The summed E-state index contributed by atoms with van der Waals surface area (Å²) in [6.07, 6.45) is 11.1. The number of nitrogens with one attached hydrogen (secondary N) is 5.